The van der Waals surface area contributed by atoms with Gasteiger partial charge in [0.1, 0.15) is 0 Å². The molecule has 1 aliphatic heterocycles. The van der Waals surface area contributed by atoms with Gasteiger partial charge in [-0.25, -0.2) is 0 Å². The summed E-state index contributed by atoms with van der Waals surface area (Å²) in [6.07, 6.45) is 17.1. The van der Waals surface area contributed by atoms with E-state index in [1.165, 1.54) is 77.0 Å². The molecule has 0 aromatic rings. The Balaban J connectivity index is 1.57. The molecular formula is C20H38O2. The Morgan fingerprint density at radius 1 is 0.727 bits per heavy atom. The smallest absolute Gasteiger partial charge is 0.0838 e. The van der Waals surface area contributed by atoms with E-state index in [-0.39, 0.29) is 0 Å². The van der Waals surface area contributed by atoms with E-state index in [2.05, 4.69) is 13.8 Å². The molecule has 0 bridgehead atoms. The van der Waals surface area contributed by atoms with Crippen molar-refractivity contribution in [2.45, 2.75) is 103 Å². The Labute approximate surface area is 138 Å². The van der Waals surface area contributed by atoms with Gasteiger partial charge in [-0.2, -0.15) is 0 Å². The minimum Gasteiger partial charge on any atom is -0.373 e. The summed E-state index contributed by atoms with van der Waals surface area (Å²) in [6, 6.07) is 0. The lowest BCUT2D eigenvalue weighted by molar-refractivity contribution is -0.157. The maximum atomic E-state index is 6.18. The SMILES string of the molecule is CCCCCCC1COC(C2CCC(CCCC)CC2)CO1. The average molecular weight is 311 g/mol. The number of hydrogen-bond donors (Lipinski definition) is 0. The first kappa shape index (κ1) is 18.3. The van der Waals surface area contributed by atoms with Crippen LogP contribution in [0.4, 0.5) is 0 Å². The minimum absolute atomic E-state index is 0.369. The zero-order chi connectivity index (χ0) is 15.6. The topological polar surface area (TPSA) is 18.5 Å². The monoisotopic (exact) mass is 310 g/mol. The van der Waals surface area contributed by atoms with Crippen LogP contribution in [0.5, 0.6) is 0 Å². The molecule has 1 saturated heterocycles. The molecule has 0 radical (unpaired) electrons. The van der Waals surface area contributed by atoms with E-state index in [9.17, 15) is 0 Å². The predicted molar refractivity (Wildman–Crippen MR) is 93.2 cm³/mol. The Morgan fingerprint density at radius 3 is 2.14 bits per heavy atom. The molecule has 1 aliphatic carbocycles. The Hall–Kier alpha value is -0.0800. The molecule has 1 heterocycles. The zero-order valence-corrected chi connectivity index (χ0v) is 15.0. The number of unbranched alkanes of at least 4 members (excludes halogenated alkanes) is 4. The van der Waals surface area contributed by atoms with E-state index in [4.69, 9.17) is 9.47 Å². The summed E-state index contributed by atoms with van der Waals surface area (Å²) in [4.78, 5) is 0. The number of ether oxygens (including phenoxy) is 2. The minimum atomic E-state index is 0.369. The first-order chi connectivity index (χ1) is 10.8. The van der Waals surface area contributed by atoms with Gasteiger partial charge < -0.3 is 9.47 Å². The largest absolute Gasteiger partial charge is 0.373 e. The van der Waals surface area contributed by atoms with E-state index in [1.54, 1.807) is 0 Å². The van der Waals surface area contributed by atoms with Crippen molar-refractivity contribution in [3.05, 3.63) is 0 Å². The molecule has 2 unspecified atom stereocenters. The quantitative estimate of drug-likeness (QED) is 0.506. The van der Waals surface area contributed by atoms with Crippen LogP contribution in [0.1, 0.15) is 90.9 Å². The Morgan fingerprint density at radius 2 is 1.50 bits per heavy atom. The lowest BCUT2D eigenvalue weighted by Crippen LogP contribution is -2.41. The van der Waals surface area contributed by atoms with Crippen molar-refractivity contribution in [2.75, 3.05) is 13.2 Å². The average Bonchev–Trinajstić information content (AvgIpc) is 2.58. The summed E-state index contributed by atoms with van der Waals surface area (Å²) in [5.74, 6) is 1.76. The zero-order valence-electron chi connectivity index (χ0n) is 15.0. The van der Waals surface area contributed by atoms with Gasteiger partial charge in [0.25, 0.3) is 0 Å². The van der Waals surface area contributed by atoms with Gasteiger partial charge in [-0.05, 0) is 31.1 Å². The molecule has 0 N–H and O–H groups in total. The third-order valence-electron chi connectivity index (χ3n) is 5.76. The summed E-state index contributed by atoms with van der Waals surface area (Å²) in [6.45, 7) is 6.26. The van der Waals surface area contributed by atoms with Gasteiger partial charge in [-0.15, -0.1) is 0 Å². The van der Waals surface area contributed by atoms with Gasteiger partial charge in [0.2, 0.25) is 0 Å². The van der Waals surface area contributed by atoms with Crippen molar-refractivity contribution >= 4 is 0 Å². The maximum absolute atomic E-state index is 6.18. The molecule has 2 nitrogen and oxygen atoms in total. The highest BCUT2D eigenvalue weighted by atomic mass is 16.6. The van der Waals surface area contributed by atoms with Crippen molar-refractivity contribution in [1.29, 1.82) is 0 Å². The van der Waals surface area contributed by atoms with E-state index in [0.717, 1.165) is 25.0 Å². The first-order valence-electron chi connectivity index (χ1n) is 10.1. The highest BCUT2D eigenvalue weighted by Gasteiger charge is 2.31. The van der Waals surface area contributed by atoms with E-state index in [0.29, 0.717) is 12.2 Å². The molecule has 22 heavy (non-hydrogen) atoms. The van der Waals surface area contributed by atoms with Gasteiger partial charge in [0.05, 0.1) is 25.4 Å². The van der Waals surface area contributed by atoms with Crippen LogP contribution < -0.4 is 0 Å². The molecule has 0 spiro atoms. The molecule has 0 amide bonds. The summed E-state index contributed by atoms with van der Waals surface area (Å²) >= 11 is 0. The fraction of sp³-hybridized carbons (Fsp3) is 1.00. The van der Waals surface area contributed by atoms with Gasteiger partial charge in [-0.3, -0.25) is 0 Å². The van der Waals surface area contributed by atoms with Crippen molar-refractivity contribution in [3.8, 4) is 0 Å². The highest BCUT2D eigenvalue weighted by Crippen LogP contribution is 2.35. The van der Waals surface area contributed by atoms with E-state index < -0.39 is 0 Å². The van der Waals surface area contributed by atoms with Crippen LogP contribution in [0.15, 0.2) is 0 Å². The van der Waals surface area contributed by atoms with Crippen molar-refractivity contribution < 1.29 is 9.47 Å². The molecule has 0 aromatic carbocycles. The van der Waals surface area contributed by atoms with Gasteiger partial charge in [0.15, 0.2) is 0 Å². The molecule has 0 aromatic heterocycles. The third kappa shape index (κ3) is 6.20. The second-order valence-electron chi connectivity index (χ2n) is 7.60. The molecule has 1 saturated carbocycles. The van der Waals surface area contributed by atoms with Crippen LogP contribution in [-0.2, 0) is 9.47 Å². The number of rotatable bonds is 9. The van der Waals surface area contributed by atoms with E-state index >= 15 is 0 Å². The van der Waals surface area contributed by atoms with Crippen LogP contribution in [0, 0.1) is 11.8 Å². The van der Waals surface area contributed by atoms with Crippen molar-refractivity contribution in [3.63, 3.8) is 0 Å². The lowest BCUT2D eigenvalue weighted by Gasteiger charge is -2.38. The summed E-state index contributed by atoms with van der Waals surface area (Å²) in [5, 5.41) is 0. The van der Waals surface area contributed by atoms with Crippen molar-refractivity contribution in [2.24, 2.45) is 11.8 Å². The molecule has 2 fully saturated rings. The second kappa shape index (κ2) is 10.6. The van der Waals surface area contributed by atoms with Crippen LogP contribution in [0.2, 0.25) is 0 Å². The normalized spacial score (nSPS) is 33.0. The predicted octanol–water partition coefficient (Wildman–Crippen LogP) is 5.74. The van der Waals surface area contributed by atoms with Crippen LogP contribution in [0.25, 0.3) is 0 Å². The van der Waals surface area contributed by atoms with Gasteiger partial charge >= 0.3 is 0 Å². The molecular weight excluding hydrogens is 272 g/mol. The van der Waals surface area contributed by atoms with Gasteiger partial charge in [0, 0.05) is 0 Å². The standard InChI is InChI=1S/C20H38O2/c1-3-5-7-8-10-19-15-22-20(16-21-19)18-13-11-17(12-14-18)9-6-4-2/h17-20H,3-16H2,1-2H3. The van der Waals surface area contributed by atoms with Crippen LogP contribution in [-0.4, -0.2) is 25.4 Å². The van der Waals surface area contributed by atoms with Crippen LogP contribution in [0.3, 0.4) is 0 Å². The maximum Gasteiger partial charge on any atom is 0.0838 e. The number of hydrogen-bond acceptors (Lipinski definition) is 2. The molecule has 2 atom stereocenters. The first-order valence-corrected chi connectivity index (χ1v) is 10.1. The summed E-state index contributed by atoms with van der Waals surface area (Å²) < 4.78 is 12.3. The molecule has 2 aliphatic rings. The van der Waals surface area contributed by atoms with Crippen LogP contribution >= 0.6 is 0 Å². The summed E-state index contributed by atoms with van der Waals surface area (Å²) in [7, 11) is 0. The lowest BCUT2D eigenvalue weighted by atomic mass is 9.77. The fourth-order valence-corrected chi connectivity index (χ4v) is 4.14. The molecule has 2 rings (SSSR count). The summed E-state index contributed by atoms with van der Waals surface area (Å²) in [5.41, 5.74) is 0. The Bertz CT molecular complexity index is 263. The fourth-order valence-electron chi connectivity index (χ4n) is 4.14. The molecule has 130 valence electrons. The second-order valence-corrected chi connectivity index (χ2v) is 7.60. The van der Waals surface area contributed by atoms with Crippen molar-refractivity contribution in [1.82, 2.24) is 0 Å². The third-order valence-corrected chi connectivity index (χ3v) is 5.76. The van der Waals surface area contributed by atoms with Gasteiger partial charge in [-0.1, -0.05) is 71.6 Å². The molecule has 2 heteroatoms. The Kier molecular flexibility index (Phi) is 8.84. The van der Waals surface area contributed by atoms with E-state index in [1.807, 2.05) is 0 Å². The highest BCUT2D eigenvalue weighted by molar-refractivity contribution is 4.81.